The number of alkyl halides is 3. The number of hydrogen-bond acceptors (Lipinski definition) is 2. The van der Waals surface area contributed by atoms with E-state index in [-0.39, 0.29) is 13.0 Å². The zero-order valence-corrected chi connectivity index (χ0v) is 12.7. The summed E-state index contributed by atoms with van der Waals surface area (Å²) in [5, 5.41) is 9.79. The van der Waals surface area contributed by atoms with Gasteiger partial charge in [0.2, 0.25) is 0 Å². The molecule has 2 nitrogen and oxygen atoms in total. The molecule has 2 unspecified atom stereocenters. The molecule has 1 aliphatic heterocycles. The highest BCUT2D eigenvalue weighted by molar-refractivity contribution is 9.10. The van der Waals surface area contributed by atoms with E-state index in [1.807, 2.05) is 0 Å². The molecular weight excluding hydrogens is 335 g/mol. The third kappa shape index (κ3) is 3.47. The Kier molecular flexibility index (Phi) is 4.64. The Morgan fingerprint density at radius 3 is 2.70 bits per heavy atom. The first-order valence-electron chi connectivity index (χ1n) is 6.58. The molecule has 2 atom stereocenters. The van der Waals surface area contributed by atoms with Crippen LogP contribution in [0.2, 0.25) is 0 Å². The lowest BCUT2D eigenvalue weighted by molar-refractivity contribution is -0.176. The van der Waals surface area contributed by atoms with E-state index in [0.29, 0.717) is 24.2 Å². The summed E-state index contributed by atoms with van der Waals surface area (Å²) in [6, 6.07) is 5.32. The summed E-state index contributed by atoms with van der Waals surface area (Å²) in [7, 11) is 0. The maximum Gasteiger partial charge on any atom is 0.393 e. The SMILES string of the molecule is CC(O)c1ccc(Br)cc1N1CCCC(C(F)(F)F)C1. The molecule has 0 bridgehead atoms. The number of rotatable bonds is 2. The number of hydrogen-bond donors (Lipinski definition) is 1. The summed E-state index contributed by atoms with van der Waals surface area (Å²) in [6.45, 7) is 2.17. The van der Waals surface area contributed by atoms with Gasteiger partial charge in [0.1, 0.15) is 0 Å². The van der Waals surface area contributed by atoms with Crippen molar-refractivity contribution >= 4 is 21.6 Å². The second-order valence-corrected chi connectivity index (χ2v) is 6.12. The van der Waals surface area contributed by atoms with Crippen LogP contribution in [0.5, 0.6) is 0 Å². The molecule has 1 aliphatic rings. The highest BCUT2D eigenvalue weighted by Crippen LogP contribution is 2.37. The quantitative estimate of drug-likeness (QED) is 0.859. The van der Waals surface area contributed by atoms with E-state index in [4.69, 9.17) is 0 Å². The molecule has 1 aromatic rings. The van der Waals surface area contributed by atoms with E-state index in [1.54, 1.807) is 30.0 Å². The Morgan fingerprint density at radius 1 is 1.40 bits per heavy atom. The number of anilines is 1. The molecule has 0 spiro atoms. The Bertz CT molecular complexity index is 476. The largest absolute Gasteiger partial charge is 0.393 e. The van der Waals surface area contributed by atoms with Crippen LogP contribution >= 0.6 is 15.9 Å². The minimum Gasteiger partial charge on any atom is -0.389 e. The van der Waals surface area contributed by atoms with Gasteiger partial charge in [0.05, 0.1) is 12.0 Å². The van der Waals surface area contributed by atoms with Crippen molar-refractivity contribution in [3.05, 3.63) is 28.2 Å². The monoisotopic (exact) mass is 351 g/mol. The fourth-order valence-electron chi connectivity index (χ4n) is 2.61. The molecule has 20 heavy (non-hydrogen) atoms. The predicted molar refractivity (Wildman–Crippen MR) is 75.8 cm³/mol. The number of benzene rings is 1. The van der Waals surface area contributed by atoms with E-state index in [1.165, 1.54) is 0 Å². The minimum atomic E-state index is -4.16. The normalized spacial score (nSPS) is 21.9. The molecule has 0 radical (unpaired) electrons. The van der Waals surface area contributed by atoms with Crippen molar-refractivity contribution < 1.29 is 18.3 Å². The molecule has 6 heteroatoms. The molecular formula is C14H17BrF3NO. The predicted octanol–water partition coefficient (Wildman–Crippen LogP) is 4.28. The standard InChI is InChI=1S/C14H17BrF3NO/c1-9(20)12-5-4-11(15)7-13(12)19-6-2-3-10(8-19)14(16,17)18/h4-5,7,9-10,20H,2-3,6,8H2,1H3. The first-order chi connectivity index (χ1) is 9.29. The maximum absolute atomic E-state index is 12.9. The molecule has 0 saturated carbocycles. The van der Waals surface area contributed by atoms with E-state index >= 15 is 0 Å². The van der Waals surface area contributed by atoms with Gasteiger partial charge in [-0.2, -0.15) is 13.2 Å². The molecule has 1 N–H and O–H groups in total. The molecule has 1 heterocycles. The van der Waals surface area contributed by atoms with Gasteiger partial charge >= 0.3 is 6.18 Å². The van der Waals surface area contributed by atoms with Gasteiger partial charge in [-0.25, -0.2) is 0 Å². The fourth-order valence-corrected chi connectivity index (χ4v) is 2.96. The van der Waals surface area contributed by atoms with E-state index in [2.05, 4.69) is 15.9 Å². The lowest BCUT2D eigenvalue weighted by atomic mass is 9.96. The molecule has 0 amide bonds. The lowest BCUT2D eigenvalue weighted by Crippen LogP contribution is -2.42. The van der Waals surface area contributed by atoms with E-state index < -0.39 is 18.2 Å². The van der Waals surface area contributed by atoms with Crippen LogP contribution in [-0.4, -0.2) is 24.4 Å². The molecule has 0 aliphatic carbocycles. The van der Waals surface area contributed by atoms with Gasteiger partial charge in [-0.1, -0.05) is 22.0 Å². The van der Waals surface area contributed by atoms with E-state index in [9.17, 15) is 18.3 Å². The summed E-state index contributed by atoms with van der Waals surface area (Å²) in [5.41, 5.74) is 1.35. The van der Waals surface area contributed by atoms with Crippen molar-refractivity contribution in [1.82, 2.24) is 0 Å². The number of nitrogens with zero attached hydrogens (tertiary/aromatic N) is 1. The smallest absolute Gasteiger partial charge is 0.389 e. The van der Waals surface area contributed by atoms with Crippen molar-refractivity contribution in [2.75, 3.05) is 18.0 Å². The van der Waals surface area contributed by atoms with Crippen LogP contribution in [0.1, 0.15) is 31.4 Å². The molecule has 1 aromatic carbocycles. The summed E-state index contributed by atoms with van der Waals surface area (Å²) in [6.07, 6.45) is -4.17. The second-order valence-electron chi connectivity index (χ2n) is 5.21. The van der Waals surface area contributed by atoms with Gasteiger partial charge in [0, 0.05) is 28.8 Å². The lowest BCUT2D eigenvalue weighted by Gasteiger charge is -2.36. The molecule has 1 saturated heterocycles. The third-order valence-corrected chi connectivity index (χ3v) is 4.16. The highest BCUT2D eigenvalue weighted by atomic mass is 79.9. The zero-order valence-electron chi connectivity index (χ0n) is 11.1. The summed E-state index contributed by atoms with van der Waals surface area (Å²) >= 11 is 3.34. The number of aliphatic hydroxyl groups is 1. The Balaban J connectivity index is 2.29. The van der Waals surface area contributed by atoms with Crippen LogP contribution in [0.3, 0.4) is 0 Å². The van der Waals surface area contributed by atoms with Crippen molar-refractivity contribution in [1.29, 1.82) is 0 Å². The van der Waals surface area contributed by atoms with Gasteiger partial charge in [0.25, 0.3) is 0 Å². The number of aliphatic hydroxyl groups excluding tert-OH is 1. The summed E-state index contributed by atoms with van der Waals surface area (Å²) < 4.78 is 39.4. The van der Waals surface area contributed by atoms with Crippen molar-refractivity contribution in [2.24, 2.45) is 5.92 Å². The van der Waals surface area contributed by atoms with Crippen LogP contribution < -0.4 is 4.90 Å². The minimum absolute atomic E-state index is 0.0420. The van der Waals surface area contributed by atoms with Crippen LogP contribution in [0.25, 0.3) is 0 Å². The molecule has 1 fully saturated rings. The molecule has 112 valence electrons. The Morgan fingerprint density at radius 2 is 2.10 bits per heavy atom. The Hall–Kier alpha value is -0.750. The third-order valence-electron chi connectivity index (χ3n) is 3.67. The van der Waals surface area contributed by atoms with Gasteiger partial charge in [-0.3, -0.25) is 0 Å². The van der Waals surface area contributed by atoms with Gasteiger partial charge < -0.3 is 10.0 Å². The molecule has 0 aromatic heterocycles. The van der Waals surface area contributed by atoms with Crippen molar-refractivity contribution in [2.45, 2.75) is 32.0 Å². The van der Waals surface area contributed by atoms with E-state index in [0.717, 1.165) is 4.47 Å². The first kappa shape index (κ1) is 15.6. The molecule has 2 rings (SSSR count). The average molecular weight is 352 g/mol. The fraction of sp³-hybridized carbons (Fsp3) is 0.571. The van der Waals surface area contributed by atoms with Crippen LogP contribution in [0.4, 0.5) is 18.9 Å². The summed E-state index contributed by atoms with van der Waals surface area (Å²) in [4.78, 5) is 1.73. The van der Waals surface area contributed by atoms with Crippen LogP contribution in [0.15, 0.2) is 22.7 Å². The van der Waals surface area contributed by atoms with Crippen LogP contribution in [-0.2, 0) is 0 Å². The second kappa shape index (κ2) is 5.93. The van der Waals surface area contributed by atoms with Crippen molar-refractivity contribution in [3.63, 3.8) is 0 Å². The van der Waals surface area contributed by atoms with Gasteiger partial charge in [0.15, 0.2) is 0 Å². The van der Waals surface area contributed by atoms with Crippen molar-refractivity contribution in [3.8, 4) is 0 Å². The first-order valence-corrected chi connectivity index (χ1v) is 7.37. The summed E-state index contributed by atoms with van der Waals surface area (Å²) in [5.74, 6) is -1.29. The zero-order chi connectivity index (χ0) is 14.9. The Labute approximate surface area is 124 Å². The number of piperidine rings is 1. The number of halogens is 4. The maximum atomic E-state index is 12.9. The van der Waals surface area contributed by atoms with Gasteiger partial charge in [-0.15, -0.1) is 0 Å². The van der Waals surface area contributed by atoms with Gasteiger partial charge in [-0.05, 0) is 31.9 Å². The topological polar surface area (TPSA) is 23.5 Å². The average Bonchev–Trinajstić information content (AvgIpc) is 2.37. The van der Waals surface area contributed by atoms with Crippen LogP contribution in [0, 0.1) is 5.92 Å². The highest BCUT2D eigenvalue weighted by Gasteiger charge is 2.42.